The lowest BCUT2D eigenvalue weighted by molar-refractivity contribution is -0.125. The highest BCUT2D eigenvalue weighted by atomic mass is 32.2. The van der Waals surface area contributed by atoms with Gasteiger partial charge >= 0.3 is 5.97 Å². The van der Waals surface area contributed by atoms with Crippen molar-refractivity contribution >= 4 is 40.5 Å². The van der Waals surface area contributed by atoms with Gasteiger partial charge in [-0.3, -0.25) is 19.3 Å². The first-order valence-corrected chi connectivity index (χ1v) is 8.04. The number of rotatable bonds is 6. The second-order valence-corrected chi connectivity index (χ2v) is 5.62. The van der Waals surface area contributed by atoms with Crippen LogP contribution in [0.25, 0.3) is 0 Å². The Morgan fingerprint density at radius 3 is 2.52 bits per heavy atom. The summed E-state index contributed by atoms with van der Waals surface area (Å²) in [5.74, 6) is -0.873. The van der Waals surface area contributed by atoms with Crippen LogP contribution < -0.4 is 5.32 Å². The number of thioether (sulfide) groups is 1. The summed E-state index contributed by atoms with van der Waals surface area (Å²) in [4.78, 5) is 47.3. The minimum atomic E-state index is -0.422. The summed E-state index contributed by atoms with van der Waals surface area (Å²) in [5, 5.41) is 2.33. The number of benzene rings is 1. The van der Waals surface area contributed by atoms with Gasteiger partial charge in [0.05, 0.1) is 17.9 Å². The molecule has 0 unspecified atom stereocenters. The molecule has 7 nitrogen and oxygen atoms in total. The first kappa shape index (κ1) is 17.0. The Morgan fingerprint density at radius 1 is 1.26 bits per heavy atom. The van der Waals surface area contributed by atoms with E-state index >= 15 is 0 Å². The normalized spacial score (nSPS) is 14.0. The highest BCUT2D eigenvalue weighted by Gasteiger charge is 2.29. The van der Waals surface area contributed by atoms with Crippen molar-refractivity contribution in [1.29, 1.82) is 0 Å². The van der Waals surface area contributed by atoms with Crippen LogP contribution in [0.4, 0.5) is 10.5 Å². The summed E-state index contributed by atoms with van der Waals surface area (Å²) in [6, 6.07) is 6.29. The van der Waals surface area contributed by atoms with Crippen LogP contribution in [0.1, 0.15) is 23.7 Å². The molecule has 1 N–H and O–H groups in total. The molecule has 0 saturated carbocycles. The van der Waals surface area contributed by atoms with Gasteiger partial charge in [0.25, 0.3) is 5.24 Å². The average molecular weight is 336 g/mol. The quantitative estimate of drug-likeness (QED) is 0.798. The molecule has 3 amide bonds. The van der Waals surface area contributed by atoms with Gasteiger partial charge in [-0.25, -0.2) is 4.79 Å². The van der Waals surface area contributed by atoms with E-state index in [0.717, 1.165) is 16.7 Å². The number of esters is 1. The zero-order valence-corrected chi connectivity index (χ0v) is 13.4. The van der Waals surface area contributed by atoms with Gasteiger partial charge in [0.15, 0.2) is 0 Å². The van der Waals surface area contributed by atoms with Crippen LogP contribution in [0, 0.1) is 0 Å². The van der Waals surface area contributed by atoms with Gasteiger partial charge in [-0.05, 0) is 31.2 Å². The van der Waals surface area contributed by atoms with Crippen LogP contribution in [0.5, 0.6) is 0 Å². The van der Waals surface area contributed by atoms with Gasteiger partial charge < -0.3 is 10.1 Å². The lowest BCUT2D eigenvalue weighted by atomic mass is 10.2. The number of imide groups is 1. The van der Waals surface area contributed by atoms with E-state index in [9.17, 15) is 19.2 Å². The Balaban J connectivity index is 1.84. The van der Waals surface area contributed by atoms with E-state index in [-0.39, 0.29) is 35.8 Å². The van der Waals surface area contributed by atoms with Gasteiger partial charge in [-0.15, -0.1) is 0 Å². The molecule has 1 aromatic rings. The lowest BCUT2D eigenvalue weighted by Gasteiger charge is -2.12. The van der Waals surface area contributed by atoms with Crippen LogP contribution in [0.3, 0.4) is 0 Å². The van der Waals surface area contributed by atoms with E-state index < -0.39 is 5.97 Å². The van der Waals surface area contributed by atoms with Crippen LogP contribution in [0.15, 0.2) is 24.3 Å². The summed E-state index contributed by atoms with van der Waals surface area (Å²) in [5.41, 5.74) is 0.923. The molecule has 0 aliphatic carbocycles. The molecule has 1 aliphatic heterocycles. The van der Waals surface area contributed by atoms with E-state index in [1.807, 2.05) is 0 Å². The van der Waals surface area contributed by atoms with Gasteiger partial charge in [-0.1, -0.05) is 11.8 Å². The number of nitrogens with one attached hydrogen (secondary N) is 1. The number of carbonyl (C=O) groups excluding carboxylic acids is 4. The second-order valence-electron chi connectivity index (χ2n) is 4.70. The monoisotopic (exact) mass is 336 g/mol. The van der Waals surface area contributed by atoms with Crippen LogP contribution in [0.2, 0.25) is 0 Å². The van der Waals surface area contributed by atoms with E-state index in [0.29, 0.717) is 17.9 Å². The molecule has 1 aliphatic rings. The lowest BCUT2D eigenvalue weighted by Crippen LogP contribution is -2.31. The van der Waals surface area contributed by atoms with Crippen LogP contribution in [-0.4, -0.2) is 46.8 Å². The molecule has 23 heavy (non-hydrogen) atoms. The molecular formula is C15H16N2O5S. The maximum absolute atomic E-state index is 11.8. The number of ether oxygens (including phenoxy) is 1. The van der Waals surface area contributed by atoms with Crippen molar-refractivity contribution in [3.8, 4) is 0 Å². The molecule has 1 heterocycles. The van der Waals surface area contributed by atoms with Gasteiger partial charge in [0.1, 0.15) is 0 Å². The van der Waals surface area contributed by atoms with Gasteiger partial charge in [-0.2, -0.15) is 0 Å². The third kappa shape index (κ3) is 4.56. The molecule has 2 rings (SSSR count). The molecule has 0 radical (unpaired) electrons. The van der Waals surface area contributed by atoms with E-state index in [1.54, 1.807) is 31.2 Å². The Morgan fingerprint density at radius 2 is 1.96 bits per heavy atom. The number of carbonyl (C=O) groups is 4. The second kappa shape index (κ2) is 7.77. The van der Waals surface area contributed by atoms with Crippen molar-refractivity contribution in [2.24, 2.45) is 0 Å². The number of anilines is 1. The van der Waals surface area contributed by atoms with E-state index in [4.69, 9.17) is 4.74 Å². The fraction of sp³-hybridized carbons (Fsp3) is 0.333. The molecule has 0 bridgehead atoms. The number of hydrogen-bond acceptors (Lipinski definition) is 6. The molecule has 0 aromatic heterocycles. The van der Waals surface area contributed by atoms with Crippen molar-refractivity contribution in [2.45, 2.75) is 13.3 Å². The average Bonchev–Trinajstić information content (AvgIpc) is 2.85. The minimum Gasteiger partial charge on any atom is -0.462 e. The zero-order chi connectivity index (χ0) is 16.8. The van der Waals surface area contributed by atoms with Crippen molar-refractivity contribution < 1.29 is 23.9 Å². The molecule has 122 valence electrons. The Hall–Kier alpha value is -2.35. The Labute approximate surface area is 137 Å². The first-order chi connectivity index (χ1) is 11.0. The summed E-state index contributed by atoms with van der Waals surface area (Å²) < 4.78 is 4.87. The van der Waals surface area contributed by atoms with E-state index in [1.165, 1.54) is 0 Å². The van der Waals surface area contributed by atoms with Crippen molar-refractivity contribution in [2.75, 3.05) is 24.2 Å². The molecule has 1 aromatic carbocycles. The van der Waals surface area contributed by atoms with Gasteiger partial charge in [0.2, 0.25) is 11.8 Å². The third-order valence-corrected chi connectivity index (χ3v) is 3.94. The fourth-order valence-electron chi connectivity index (χ4n) is 1.94. The zero-order valence-electron chi connectivity index (χ0n) is 12.5. The molecule has 1 fully saturated rings. The standard InChI is InChI=1S/C15H16N2O5S/c1-2-22-14(20)10-3-5-11(6-4-10)16-12(18)7-8-17-13(19)9-23-15(17)21/h3-6H,2,7-9H2,1H3,(H,16,18). The number of amides is 3. The summed E-state index contributed by atoms with van der Waals surface area (Å²) in [6.07, 6.45) is 0.0255. The van der Waals surface area contributed by atoms with Crippen molar-refractivity contribution in [1.82, 2.24) is 4.90 Å². The first-order valence-electron chi connectivity index (χ1n) is 7.05. The fourth-order valence-corrected chi connectivity index (χ4v) is 2.69. The van der Waals surface area contributed by atoms with Crippen molar-refractivity contribution in [3.05, 3.63) is 29.8 Å². The molecule has 1 saturated heterocycles. The van der Waals surface area contributed by atoms with Crippen molar-refractivity contribution in [3.63, 3.8) is 0 Å². The molecule has 0 atom stereocenters. The maximum atomic E-state index is 11.8. The van der Waals surface area contributed by atoms with Gasteiger partial charge in [0, 0.05) is 18.7 Å². The topological polar surface area (TPSA) is 92.8 Å². The maximum Gasteiger partial charge on any atom is 0.338 e. The van der Waals surface area contributed by atoms with Crippen LogP contribution in [-0.2, 0) is 14.3 Å². The summed E-state index contributed by atoms with van der Waals surface area (Å²) in [6.45, 7) is 2.09. The summed E-state index contributed by atoms with van der Waals surface area (Å²) >= 11 is 0.939. The van der Waals surface area contributed by atoms with Crippen LogP contribution >= 0.6 is 11.8 Å². The third-order valence-electron chi connectivity index (χ3n) is 3.08. The smallest absolute Gasteiger partial charge is 0.338 e. The largest absolute Gasteiger partial charge is 0.462 e. The SMILES string of the molecule is CCOC(=O)c1ccc(NC(=O)CCN2C(=O)CSC2=O)cc1. The highest BCUT2D eigenvalue weighted by molar-refractivity contribution is 8.14. The number of hydrogen-bond donors (Lipinski definition) is 1. The Bertz CT molecular complexity index is 613. The molecule has 0 spiro atoms. The summed E-state index contributed by atoms with van der Waals surface area (Å²) in [7, 11) is 0. The predicted octanol–water partition coefficient (Wildman–Crippen LogP) is 1.89. The van der Waals surface area contributed by atoms with E-state index in [2.05, 4.69) is 5.32 Å². The molecular weight excluding hydrogens is 320 g/mol. The number of nitrogens with zero attached hydrogens (tertiary/aromatic N) is 1. The minimum absolute atomic E-state index is 0.0255. The predicted molar refractivity (Wildman–Crippen MR) is 85.2 cm³/mol. The molecule has 8 heteroatoms. The Kier molecular flexibility index (Phi) is 5.75. The highest BCUT2D eigenvalue weighted by Crippen LogP contribution is 2.19.